The molecular formula is C20H17N3O3. The van der Waals surface area contributed by atoms with Gasteiger partial charge < -0.3 is 15.4 Å². The number of nitrogens with one attached hydrogen (secondary N) is 2. The number of aromatic nitrogens is 1. The molecule has 1 aromatic heterocycles. The summed E-state index contributed by atoms with van der Waals surface area (Å²) in [6, 6.07) is 12.8. The highest BCUT2D eigenvalue weighted by Crippen LogP contribution is 2.31. The summed E-state index contributed by atoms with van der Waals surface area (Å²) >= 11 is 0. The molecule has 0 unspecified atom stereocenters. The highest BCUT2D eigenvalue weighted by atomic mass is 16.5. The van der Waals surface area contributed by atoms with E-state index in [4.69, 9.17) is 4.74 Å². The average Bonchev–Trinajstić information content (AvgIpc) is 2.61. The van der Waals surface area contributed by atoms with Crippen LogP contribution in [0.2, 0.25) is 0 Å². The maximum atomic E-state index is 12.9. The molecule has 1 aliphatic rings. The normalized spacial score (nSPS) is 12.9. The molecule has 1 aliphatic heterocycles. The number of pyridine rings is 1. The Labute approximate surface area is 150 Å². The van der Waals surface area contributed by atoms with E-state index in [1.807, 2.05) is 32.0 Å². The van der Waals surface area contributed by atoms with Crippen LogP contribution < -0.4 is 15.4 Å². The zero-order chi connectivity index (χ0) is 18.3. The number of carbonyl (C=O) groups excluding carboxylic acids is 2. The molecule has 0 bridgehead atoms. The number of hydrogen-bond acceptors (Lipinski definition) is 4. The van der Waals surface area contributed by atoms with E-state index in [2.05, 4.69) is 15.6 Å². The van der Waals surface area contributed by atoms with Crippen LogP contribution in [0.1, 0.15) is 21.6 Å². The van der Waals surface area contributed by atoms with Crippen molar-refractivity contribution in [2.24, 2.45) is 0 Å². The maximum absolute atomic E-state index is 12.9. The highest BCUT2D eigenvalue weighted by Gasteiger charge is 2.17. The number of ether oxygens (including phenoxy) is 1. The summed E-state index contributed by atoms with van der Waals surface area (Å²) < 4.78 is 5.33. The first-order valence-electron chi connectivity index (χ1n) is 8.26. The third-order valence-electron chi connectivity index (χ3n) is 4.21. The van der Waals surface area contributed by atoms with Crippen LogP contribution in [0.25, 0.3) is 10.9 Å². The lowest BCUT2D eigenvalue weighted by Gasteiger charge is -2.18. The number of carbonyl (C=O) groups is 2. The quantitative estimate of drug-likeness (QED) is 0.744. The second-order valence-electron chi connectivity index (χ2n) is 6.33. The summed E-state index contributed by atoms with van der Waals surface area (Å²) in [5.41, 5.74) is 4.31. The number of anilines is 2. The van der Waals surface area contributed by atoms with Gasteiger partial charge in [0.05, 0.1) is 16.8 Å². The minimum Gasteiger partial charge on any atom is -0.482 e. The summed E-state index contributed by atoms with van der Waals surface area (Å²) in [7, 11) is 0. The van der Waals surface area contributed by atoms with Crippen molar-refractivity contribution in [3.63, 3.8) is 0 Å². The van der Waals surface area contributed by atoms with E-state index in [-0.39, 0.29) is 18.4 Å². The Bertz CT molecular complexity index is 1060. The molecule has 0 fully saturated rings. The SMILES string of the molecule is Cc1ccc2nc(C)cc(C(=O)Nc3ccc4c(c3)NC(=O)CO4)c2c1. The van der Waals surface area contributed by atoms with Crippen LogP contribution >= 0.6 is 0 Å². The molecule has 2 amide bonds. The molecule has 6 heteroatoms. The fourth-order valence-corrected chi connectivity index (χ4v) is 3.02. The fraction of sp³-hybridized carbons (Fsp3) is 0.150. The van der Waals surface area contributed by atoms with Gasteiger partial charge in [-0.3, -0.25) is 14.6 Å². The molecule has 130 valence electrons. The summed E-state index contributed by atoms with van der Waals surface area (Å²) in [5, 5.41) is 6.43. The van der Waals surface area contributed by atoms with Crippen molar-refractivity contribution >= 4 is 34.1 Å². The second-order valence-corrected chi connectivity index (χ2v) is 6.33. The zero-order valence-corrected chi connectivity index (χ0v) is 14.4. The highest BCUT2D eigenvalue weighted by molar-refractivity contribution is 6.12. The van der Waals surface area contributed by atoms with Gasteiger partial charge >= 0.3 is 0 Å². The van der Waals surface area contributed by atoms with Crippen LogP contribution in [0.5, 0.6) is 5.75 Å². The first-order valence-corrected chi connectivity index (χ1v) is 8.26. The molecule has 2 aromatic carbocycles. The van der Waals surface area contributed by atoms with Crippen molar-refractivity contribution in [1.82, 2.24) is 4.98 Å². The minimum absolute atomic E-state index is 0.000336. The molecule has 0 atom stereocenters. The van der Waals surface area contributed by atoms with E-state index in [0.29, 0.717) is 22.7 Å². The lowest BCUT2D eigenvalue weighted by atomic mass is 10.0. The monoisotopic (exact) mass is 347 g/mol. The topological polar surface area (TPSA) is 80.3 Å². The summed E-state index contributed by atoms with van der Waals surface area (Å²) in [6.07, 6.45) is 0. The summed E-state index contributed by atoms with van der Waals surface area (Å²) in [6.45, 7) is 3.84. The van der Waals surface area contributed by atoms with Crippen molar-refractivity contribution in [2.75, 3.05) is 17.2 Å². The van der Waals surface area contributed by atoms with E-state index in [0.717, 1.165) is 22.2 Å². The molecular weight excluding hydrogens is 330 g/mol. The van der Waals surface area contributed by atoms with Gasteiger partial charge in [0.1, 0.15) is 5.75 Å². The van der Waals surface area contributed by atoms with E-state index in [9.17, 15) is 9.59 Å². The van der Waals surface area contributed by atoms with Crippen LogP contribution in [-0.2, 0) is 4.79 Å². The van der Waals surface area contributed by atoms with Crippen molar-refractivity contribution in [1.29, 1.82) is 0 Å². The Balaban J connectivity index is 1.69. The van der Waals surface area contributed by atoms with Gasteiger partial charge in [0.2, 0.25) is 0 Å². The lowest BCUT2D eigenvalue weighted by molar-refractivity contribution is -0.118. The van der Waals surface area contributed by atoms with Gasteiger partial charge in [-0.25, -0.2) is 0 Å². The molecule has 0 saturated heterocycles. The Kier molecular flexibility index (Phi) is 3.80. The van der Waals surface area contributed by atoms with Crippen LogP contribution in [0.4, 0.5) is 11.4 Å². The molecule has 2 N–H and O–H groups in total. The standard InChI is InChI=1S/C20H17N3O3/c1-11-3-5-16-14(7-11)15(8-12(2)21-16)20(25)22-13-4-6-18-17(9-13)23-19(24)10-26-18/h3-9H,10H2,1-2H3,(H,22,25)(H,23,24). The fourth-order valence-electron chi connectivity index (χ4n) is 3.02. The van der Waals surface area contributed by atoms with Gasteiger partial charge in [-0.15, -0.1) is 0 Å². The lowest BCUT2D eigenvalue weighted by Crippen LogP contribution is -2.25. The van der Waals surface area contributed by atoms with E-state index in [1.54, 1.807) is 24.3 Å². The molecule has 6 nitrogen and oxygen atoms in total. The molecule has 0 spiro atoms. The predicted molar refractivity (Wildman–Crippen MR) is 99.7 cm³/mol. The van der Waals surface area contributed by atoms with Gasteiger partial charge in [-0.1, -0.05) is 11.6 Å². The third kappa shape index (κ3) is 2.97. The number of rotatable bonds is 2. The first-order chi connectivity index (χ1) is 12.5. The first kappa shape index (κ1) is 16.1. The average molecular weight is 347 g/mol. The number of nitrogens with zero attached hydrogens (tertiary/aromatic N) is 1. The number of hydrogen-bond donors (Lipinski definition) is 2. The van der Waals surface area contributed by atoms with Crippen LogP contribution in [0.15, 0.2) is 42.5 Å². The smallest absolute Gasteiger partial charge is 0.262 e. The molecule has 0 aliphatic carbocycles. The largest absolute Gasteiger partial charge is 0.482 e. The molecule has 0 saturated carbocycles. The van der Waals surface area contributed by atoms with Crippen LogP contribution in [0.3, 0.4) is 0 Å². The van der Waals surface area contributed by atoms with Gasteiger partial charge in [0.25, 0.3) is 11.8 Å². The zero-order valence-electron chi connectivity index (χ0n) is 14.4. The maximum Gasteiger partial charge on any atom is 0.262 e. The molecule has 2 heterocycles. The Morgan fingerprint density at radius 2 is 2.00 bits per heavy atom. The van der Waals surface area contributed by atoms with E-state index >= 15 is 0 Å². The molecule has 0 radical (unpaired) electrons. The number of fused-ring (bicyclic) bond motifs is 2. The van der Waals surface area contributed by atoms with Crippen molar-refractivity contribution in [3.8, 4) is 5.75 Å². The number of benzene rings is 2. The van der Waals surface area contributed by atoms with Gasteiger partial charge in [0, 0.05) is 16.8 Å². The number of amides is 2. The molecule has 4 rings (SSSR count). The van der Waals surface area contributed by atoms with E-state index < -0.39 is 0 Å². The molecule has 3 aromatic rings. The third-order valence-corrected chi connectivity index (χ3v) is 4.21. The van der Waals surface area contributed by atoms with E-state index in [1.165, 1.54) is 0 Å². The summed E-state index contributed by atoms with van der Waals surface area (Å²) in [5.74, 6) is 0.143. The molecule has 26 heavy (non-hydrogen) atoms. The summed E-state index contributed by atoms with van der Waals surface area (Å²) in [4.78, 5) is 28.8. The Hall–Kier alpha value is -3.41. The Morgan fingerprint density at radius 3 is 2.85 bits per heavy atom. The number of aryl methyl sites for hydroxylation is 2. The van der Waals surface area contributed by atoms with Crippen LogP contribution in [-0.4, -0.2) is 23.4 Å². The minimum atomic E-state index is -0.228. The van der Waals surface area contributed by atoms with Gasteiger partial charge in [0.15, 0.2) is 6.61 Å². The predicted octanol–water partition coefficient (Wildman–Crippen LogP) is 3.43. The van der Waals surface area contributed by atoms with Crippen molar-refractivity contribution < 1.29 is 14.3 Å². The second kappa shape index (κ2) is 6.15. The van der Waals surface area contributed by atoms with Gasteiger partial charge in [-0.2, -0.15) is 0 Å². The van der Waals surface area contributed by atoms with Gasteiger partial charge in [-0.05, 0) is 50.2 Å². The Morgan fingerprint density at radius 1 is 1.15 bits per heavy atom. The van der Waals surface area contributed by atoms with Crippen molar-refractivity contribution in [2.45, 2.75) is 13.8 Å². The van der Waals surface area contributed by atoms with Crippen molar-refractivity contribution in [3.05, 3.63) is 59.3 Å². The van der Waals surface area contributed by atoms with Crippen LogP contribution in [0, 0.1) is 13.8 Å².